The van der Waals surface area contributed by atoms with Crippen LogP contribution in [0, 0.1) is 0 Å². The van der Waals surface area contributed by atoms with Gasteiger partial charge in [-0.1, -0.05) is 24.8 Å². The Labute approximate surface area is 114 Å². The van der Waals surface area contributed by atoms with Gasteiger partial charge in [0.05, 0.1) is 13.7 Å². The first-order chi connectivity index (χ1) is 8.22. The number of para-hydroxylation sites is 1. The first-order valence-corrected chi connectivity index (χ1v) is 5.49. The third kappa shape index (κ3) is 4.56. The minimum absolute atomic E-state index is 0. The summed E-state index contributed by atoms with van der Waals surface area (Å²) in [5.41, 5.74) is 6.65. The van der Waals surface area contributed by atoms with Crippen molar-refractivity contribution in [3.8, 4) is 11.5 Å². The van der Waals surface area contributed by atoms with Gasteiger partial charge in [-0.3, -0.25) is 0 Å². The van der Waals surface area contributed by atoms with Gasteiger partial charge in [0, 0.05) is 6.04 Å². The number of ether oxygens (including phenoxy) is 2. The summed E-state index contributed by atoms with van der Waals surface area (Å²) in [7, 11) is 1.59. The summed E-state index contributed by atoms with van der Waals surface area (Å²) in [6, 6.07) is 5.32. The molecule has 0 aliphatic rings. The molecule has 1 aromatic carbocycles. The van der Waals surface area contributed by atoms with Crippen molar-refractivity contribution in [2.45, 2.75) is 12.5 Å². The Morgan fingerprint density at radius 3 is 2.78 bits per heavy atom. The molecule has 0 saturated heterocycles. The number of nitrogens with two attached hydrogens (primary N) is 1. The summed E-state index contributed by atoms with van der Waals surface area (Å²) in [6.07, 6.45) is 2.21. The Morgan fingerprint density at radius 1 is 1.50 bits per heavy atom. The van der Waals surface area contributed by atoms with E-state index in [0.717, 1.165) is 5.56 Å². The smallest absolute Gasteiger partial charge is 0.164 e. The van der Waals surface area contributed by atoms with E-state index < -0.39 is 0 Å². The lowest BCUT2D eigenvalue weighted by Gasteiger charge is -2.16. The molecule has 0 radical (unpaired) electrons. The summed E-state index contributed by atoms with van der Waals surface area (Å²) in [5, 5.41) is 8.98. The van der Waals surface area contributed by atoms with Crippen LogP contribution in [-0.4, -0.2) is 31.5 Å². The quantitative estimate of drug-likeness (QED) is 0.740. The van der Waals surface area contributed by atoms with Crippen LogP contribution < -0.4 is 15.2 Å². The van der Waals surface area contributed by atoms with E-state index in [-0.39, 0.29) is 25.1 Å². The molecule has 0 aromatic heterocycles. The molecular weight excluding hydrogens is 254 g/mol. The largest absolute Gasteiger partial charge is 0.493 e. The van der Waals surface area contributed by atoms with Crippen LogP contribution in [0.25, 0.3) is 0 Å². The summed E-state index contributed by atoms with van der Waals surface area (Å²) in [6.45, 7) is 3.95. The Kier molecular flexibility index (Phi) is 8.20. The second-order valence-corrected chi connectivity index (χ2v) is 3.69. The van der Waals surface area contributed by atoms with Gasteiger partial charge in [-0.2, -0.15) is 0 Å². The summed E-state index contributed by atoms with van der Waals surface area (Å²) < 4.78 is 10.8. The van der Waals surface area contributed by atoms with Crippen molar-refractivity contribution in [3.05, 3.63) is 36.4 Å². The molecule has 5 heteroatoms. The second kappa shape index (κ2) is 8.80. The van der Waals surface area contributed by atoms with Crippen LogP contribution in [0.2, 0.25) is 0 Å². The van der Waals surface area contributed by atoms with Crippen molar-refractivity contribution in [3.63, 3.8) is 0 Å². The van der Waals surface area contributed by atoms with Gasteiger partial charge in [0.25, 0.3) is 0 Å². The Bertz CT molecular complexity index is 371. The zero-order chi connectivity index (χ0) is 12.7. The lowest BCUT2D eigenvalue weighted by molar-refractivity contribution is 0.263. The third-order valence-electron chi connectivity index (χ3n) is 2.34. The van der Waals surface area contributed by atoms with Gasteiger partial charge in [-0.05, 0) is 18.1 Å². The maximum Gasteiger partial charge on any atom is 0.164 e. The summed E-state index contributed by atoms with van der Waals surface area (Å²) in [4.78, 5) is 0. The van der Waals surface area contributed by atoms with Crippen LogP contribution in [0.15, 0.2) is 30.9 Å². The topological polar surface area (TPSA) is 64.7 Å². The number of aliphatic hydroxyl groups is 1. The lowest BCUT2D eigenvalue weighted by Crippen LogP contribution is -2.27. The number of hydrogen-bond acceptors (Lipinski definition) is 4. The molecule has 1 rings (SSSR count). The third-order valence-corrected chi connectivity index (χ3v) is 2.34. The highest BCUT2D eigenvalue weighted by atomic mass is 35.5. The van der Waals surface area contributed by atoms with E-state index in [0.29, 0.717) is 24.5 Å². The van der Waals surface area contributed by atoms with Crippen molar-refractivity contribution < 1.29 is 14.6 Å². The first kappa shape index (κ1) is 16.8. The maximum absolute atomic E-state index is 8.98. The van der Waals surface area contributed by atoms with Gasteiger partial charge >= 0.3 is 0 Å². The van der Waals surface area contributed by atoms with Gasteiger partial charge in [-0.25, -0.2) is 0 Å². The molecule has 0 aliphatic carbocycles. The van der Waals surface area contributed by atoms with Crippen LogP contribution in [0.3, 0.4) is 0 Å². The first-order valence-electron chi connectivity index (χ1n) is 5.49. The molecule has 0 amide bonds. The minimum atomic E-state index is -0.298. The summed E-state index contributed by atoms with van der Waals surface area (Å²) in [5.74, 6) is 1.33. The monoisotopic (exact) mass is 273 g/mol. The van der Waals surface area contributed by atoms with E-state index in [1.165, 1.54) is 0 Å². The second-order valence-electron chi connectivity index (χ2n) is 3.69. The molecule has 1 atom stereocenters. The molecule has 0 bridgehead atoms. The van der Waals surface area contributed by atoms with E-state index >= 15 is 0 Å². The number of methoxy groups -OCH3 is 1. The molecule has 0 fully saturated rings. The van der Waals surface area contributed by atoms with E-state index in [4.69, 9.17) is 20.3 Å². The zero-order valence-corrected chi connectivity index (χ0v) is 11.3. The predicted octanol–water partition coefficient (Wildman–Crippen LogP) is 1.54. The van der Waals surface area contributed by atoms with Crippen LogP contribution in [0.4, 0.5) is 0 Å². The van der Waals surface area contributed by atoms with Gasteiger partial charge < -0.3 is 20.3 Å². The van der Waals surface area contributed by atoms with E-state index in [1.54, 1.807) is 13.2 Å². The zero-order valence-electron chi connectivity index (χ0n) is 10.5. The molecule has 4 nitrogen and oxygen atoms in total. The van der Waals surface area contributed by atoms with Gasteiger partial charge in [0.1, 0.15) is 6.61 Å². The van der Waals surface area contributed by atoms with Crippen molar-refractivity contribution in [1.29, 1.82) is 0 Å². The van der Waals surface area contributed by atoms with Crippen LogP contribution >= 0.6 is 12.4 Å². The molecule has 0 aliphatic heterocycles. The molecule has 0 heterocycles. The number of aliphatic hydroxyl groups excluding tert-OH is 1. The molecule has 1 unspecified atom stereocenters. The molecule has 1 aromatic rings. The van der Waals surface area contributed by atoms with Gasteiger partial charge in [0.15, 0.2) is 11.5 Å². The van der Waals surface area contributed by atoms with Gasteiger partial charge in [-0.15, -0.1) is 12.4 Å². The number of rotatable bonds is 7. The van der Waals surface area contributed by atoms with Crippen LogP contribution in [0.5, 0.6) is 11.5 Å². The molecule has 3 N–H and O–H groups in total. The average molecular weight is 274 g/mol. The highest BCUT2D eigenvalue weighted by molar-refractivity contribution is 5.85. The molecule has 102 valence electrons. The fraction of sp³-hybridized carbons (Fsp3) is 0.385. The van der Waals surface area contributed by atoms with Crippen molar-refractivity contribution in [2.75, 3.05) is 20.3 Å². The Balaban J connectivity index is 0.00000289. The standard InChI is InChI=1S/C13H19NO3.ClH/c1-3-7-17-13-10(8-11(14)9-15)5-4-6-12(13)16-2;/h3-6,11,15H,1,7-9,14H2,2H3;1H. The summed E-state index contributed by atoms with van der Waals surface area (Å²) >= 11 is 0. The van der Waals surface area contributed by atoms with Crippen molar-refractivity contribution >= 4 is 12.4 Å². The van der Waals surface area contributed by atoms with Crippen molar-refractivity contribution in [1.82, 2.24) is 0 Å². The van der Waals surface area contributed by atoms with Gasteiger partial charge in [0.2, 0.25) is 0 Å². The number of benzene rings is 1. The highest BCUT2D eigenvalue weighted by Crippen LogP contribution is 2.31. The SMILES string of the molecule is C=CCOc1c(CC(N)CO)cccc1OC.Cl. The fourth-order valence-electron chi connectivity index (χ4n) is 1.54. The average Bonchev–Trinajstić information content (AvgIpc) is 2.36. The molecule has 0 spiro atoms. The molecule has 18 heavy (non-hydrogen) atoms. The van der Waals surface area contributed by atoms with Crippen LogP contribution in [-0.2, 0) is 6.42 Å². The van der Waals surface area contributed by atoms with Crippen LogP contribution in [0.1, 0.15) is 5.56 Å². The van der Waals surface area contributed by atoms with E-state index in [9.17, 15) is 0 Å². The number of hydrogen-bond donors (Lipinski definition) is 2. The Morgan fingerprint density at radius 2 is 2.22 bits per heavy atom. The minimum Gasteiger partial charge on any atom is -0.493 e. The van der Waals surface area contributed by atoms with E-state index in [1.807, 2.05) is 18.2 Å². The lowest BCUT2D eigenvalue weighted by atomic mass is 10.1. The predicted molar refractivity (Wildman–Crippen MR) is 74.7 cm³/mol. The highest BCUT2D eigenvalue weighted by Gasteiger charge is 2.12. The molecule has 0 saturated carbocycles. The normalized spacial score (nSPS) is 11.3. The fourth-order valence-corrected chi connectivity index (χ4v) is 1.54. The molecular formula is C13H20ClNO3. The van der Waals surface area contributed by atoms with Crippen molar-refractivity contribution in [2.24, 2.45) is 5.73 Å². The number of halogens is 1. The maximum atomic E-state index is 8.98. The van der Waals surface area contributed by atoms with E-state index in [2.05, 4.69) is 6.58 Å². The Hall–Kier alpha value is -1.23.